The fraction of sp³-hybridized carbons (Fsp3) is 0.667. The normalized spacial score (nSPS) is 12.2. The van der Waals surface area contributed by atoms with Crippen molar-refractivity contribution in [3.63, 3.8) is 0 Å². The van der Waals surface area contributed by atoms with Gasteiger partial charge in [-0.2, -0.15) is 0 Å². The molecule has 96 valence electrons. The highest BCUT2D eigenvalue weighted by Crippen LogP contribution is 2.27. The molecular formula is C12H18ClIN2O. The van der Waals surface area contributed by atoms with Gasteiger partial charge in [-0.1, -0.05) is 25.4 Å². The van der Waals surface area contributed by atoms with Crippen molar-refractivity contribution in [2.75, 3.05) is 7.11 Å². The zero-order valence-electron chi connectivity index (χ0n) is 10.8. The van der Waals surface area contributed by atoms with Crippen molar-refractivity contribution in [3.05, 3.63) is 20.2 Å². The highest BCUT2D eigenvalue weighted by Gasteiger charge is 2.25. The average Bonchev–Trinajstić information content (AvgIpc) is 2.23. The Bertz CT molecular complexity index is 408. The fourth-order valence-electron chi connectivity index (χ4n) is 1.35. The van der Waals surface area contributed by atoms with E-state index in [4.69, 9.17) is 16.3 Å². The van der Waals surface area contributed by atoms with E-state index in [-0.39, 0.29) is 0 Å². The third-order valence-corrected chi connectivity index (χ3v) is 4.26. The molecule has 1 aromatic heterocycles. The van der Waals surface area contributed by atoms with Crippen molar-refractivity contribution in [1.82, 2.24) is 9.97 Å². The number of methoxy groups -OCH3 is 1. The lowest BCUT2D eigenvalue weighted by molar-refractivity contribution is 0.0112. The molecule has 0 aromatic carbocycles. The van der Waals surface area contributed by atoms with Gasteiger partial charge >= 0.3 is 0 Å². The van der Waals surface area contributed by atoms with Crippen molar-refractivity contribution >= 4 is 34.2 Å². The van der Waals surface area contributed by atoms with Crippen LogP contribution in [0.3, 0.4) is 0 Å². The van der Waals surface area contributed by atoms with E-state index < -0.39 is 5.60 Å². The van der Waals surface area contributed by atoms with Crippen LogP contribution >= 0.6 is 34.2 Å². The predicted molar refractivity (Wildman–Crippen MR) is 78.3 cm³/mol. The molecule has 0 saturated carbocycles. The van der Waals surface area contributed by atoms with Gasteiger partial charge in [0.2, 0.25) is 0 Å². The first-order valence-electron chi connectivity index (χ1n) is 5.55. The summed E-state index contributed by atoms with van der Waals surface area (Å²) in [6.45, 7) is 8.19. The molecule has 1 aromatic rings. The molecule has 0 amide bonds. The summed E-state index contributed by atoms with van der Waals surface area (Å²) in [6.07, 6.45) is 0.896. The Balaban J connectivity index is 3.23. The highest BCUT2D eigenvalue weighted by molar-refractivity contribution is 14.1. The summed E-state index contributed by atoms with van der Waals surface area (Å²) in [5, 5.41) is 0.511. The van der Waals surface area contributed by atoms with E-state index >= 15 is 0 Å². The molecule has 0 bridgehead atoms. The van der Waals surface area contributed by atoms with Crippen molar-refractivity contribution < 1.29 is 4.74 Å². The van der Waals surface area contributed by atoms with E-state index in [1.807, 2.05) is 13.8 Å². The summed E-state index contributed by atoms with van der Waals surface area (Å²) >= 11 is 8.35. The molecule has 0 fully saturated rings. The molecule has 0 spiro atoms. The molecule has 17 heavy (non-hydrogen) atoms. The molecular weight excluding hydrogens is 351 g/mol. The van der Waals surface area contributed by atoms with Gasteiger partial charge in [-0.3, -0.25) is 0 Å². The molecule has 0 aliphatic carbocycles. The van der Waals surface area contributed by atoms with Crippen LogP contribution in [0.5, 0.6) is 0 Å². The third-order valence-electron chi connectivity index (χ3n) is 2.53. The van der Waals surface area contributed by atoms with E-state index in [0.29, 0.717) is 16.9 Å². The second-order valence-corrected chi connectivity index (χ2v) is 6.35. The van der Waals surface area contributed by atoms with Gasteiger partial charge in [-0.25, -0.2) is 9.97 Å². The maximum Gasteiger partial charge on any atom is 0.161 e. The maximum absolute atomic E-state index is 6.15. The summed E-state index contributed by atoms with van der Waals surface area (Å²) < 4.78 is 6.33. The minimum atomic E-state index is -0.514. The zero-order chi connectivity index (χ0) is 13.2. The van der Waals surface area contributed by atoms with Gasteiger partial charge in [-0.05, 0) is 48.8 Å². The van der Waals surface area contributed by atoms with Crippen molar-refractivity contribution in [2.24, 2.45) is 5.92 Å². The van der Waals surface area contributed by atoms with E-state index in [0.717, 1.165) is 15.7 Å². The SMILES string of the molecule is COC(C)(C)c1nc(Cl)c(I)c(CC(C)C)n1. The van der Waals surface area contributed by atoms with Crippen LogP contribution in [0.4, 0.5) is 0 Å². The topological polar surface area (TPSA) is 35.0 Å². The summed E-state index contributed by atoms with van der Waals surface area (Å²) in [6, 6.07) is 0. The number of aromatic nitrogens is 2. The molecule has 0 atom stereocenters. The van der Waals surface area contributed by atoms with Gasteiger partial charge in [0.1, 0.15) is 10.8 Å². The lowest BCUT2D eigenvalue weighted by atomic mass is 10.1. The summed E-state index contributed by atoms with van der Waals surface area (Å²) in [4.78, 5) is 8.89. The number of nitrogens with zero attached hydrogens (tertiary/aromatic N) is 2. The number of hydrogen-bond donors (Lipinski definition) is 0. The second-order valence-electron chi connectivity index (χ2n) is 4.91. The molecule has 0 radical (unpaired) electrons. The van der Waals surface area contributed by atoms with Crippen LogP contribution in [0, 0.1) is 9.49 Å². The lowest BCUT2D eigenvalue weighted by Gasteiger charge is -2.22. The Morgan fingerprint density at radius 2 is 1.94 bits per heavy atom. The lowest BCUT2D eigenvalue weighted by Crippen LogP contribution is -2.24. The Kier molecular flexibility index (Phi) is 5.16. The van der Waals surface area contributed by atoms with Crippen LogP contribution in [0.25, 0.3) is 0 Å². The van der Waals surface area contributed by atoms with E-state index in [1.165, 1.54) is 0 Å². The molecule has 0 unspecified atom stereocenters. The number of hydrogen-bond acceptors (Lipinski definition) is 3. The Hall–Kier alpha value is 0.0600. The molecule has 3 nitrogen and oxygen atoms in total. The maximum atomic E-state index is 6.15. The average molecular weight is 369 g/mol. The molecule has 5 heteroatoms. The molecule has 1 heterocycles. The predicted octanol–water partition coefficient (Wildman–Crippen LogP) is 3.81. The largest absolute Gasteiger partial charge is 0.371 e. The standard InChI is InChI=1S/C12H18ClIN2O/c1-7(2)6-8-9(14)10(13)16-11(15-8)12(3,4)17-5/h7H,6H2,1-5H3. The van der Waals surface area contributed by atoms with Crippen LogP contribution < -0.4 is 0 Å². The minimum absolute atomic E-state index is 0.511. The van der Waals surface area contributed by atoms with Gasteiger partial charge in [0, 0.05) is 7.11 Å². The van der Waals surface area contributed by atoms with Gasteiger partial charge in [0.05, 0.1) is 9.26 Å². The zero-order valence-corrected chi connectivity index (χ0v) is 13.8. The number of halogens is 2. The summed E-state index contributed by atoms with van der Waals surface area (Å²) in [7, 11) is 1.65. The van der Waals surface area contributed by atoms with Crippen molar-refractivity contribution in [1.29, 1.82) is 0 Å². The number of ether oxygens (including phenoxy) is 1. The molecule has 1 rings (SSSR count). The van der Waals surface area contributed by atoms with Crippen LogP contribution in [0.15, 0.2) is 0 Å². The van der Waals surface area contributed by atoms with Gasteiger partial charge in [0.15, 0.2) is 5.82 Å². The Labute approximate surface area is 121 Å². The van der Waals surface area contributed by atoms with E-state index in [2.05, 4.69) is 46.4 Å². The quantitative estimate of drug-likeness (QED) is 0.599. The molecule has 0 N–H and O–H groups in total. The fourth-order valence-corrected chi connectivity index (χ4v) is 2.00. The highest BCUT2D eigenvalue weighted by atomic mass is 127. The summed E-state index contributed by atoms with van der Waals surface area (Å²) in [5.74, 6) is 1.18. The van der Waals surface area contributed by atoms with Gasteiger partial charge in [0.25, 0.3) is 0 Å². The first-order chi connectivity index (χ1) is 7.77. The Morgan fingerprint density at radius 1 is 1.35 bits per heavy atom. The van der Waals surface area contributed by atoms with Crippen LogP contribution in [0.1, 0.15) is 39.2 Å². The summed E-state index contributed by atoms with van der Waals surface area (Å²) in [5.41, 5.74) is 0.486. The smallest absolute Gasteiger partial charge is 0.161 e. The van der Waals surface area contributed by atoms with E-state index in [9.17, 15) is 0 Å². The number of rotatable bonds is 4. The van der Waals surface area contributed by atoms with Crippen LogP contribution in [-0.2, 0) is 16.8 Å². The second kappa shape index (κ2) is 5.80. The first kappa shape index (κ1) is 15.1. The van der Waals surface area contributed by atoms with Gasteiger partial charge < -0.3 is 4.74 Å². The minimum Gasteiger partial charge on any atom is -0.371 e. The first-order valence-corrected chi connectivity index (χ1v) is 7.01. The van der Waals surface area contributed by atoms with Crippen LogP contribution in [-0.4, -0.2) is 17.1 Å². The van der Waals surface area contributed by atoms with Crippen molar-refractivity contribution in [3.8, 4) is 0 Å². The van der Waals surface area contributed by atoms with Crippen molar-refractivity contribution in [2.45, 2.75) is 39.7 Å². The van der Waals surface area contributed by atoms with Crippen LogP contribution in [0.2, 0.25) is 5.15 Å². The van der Waals surface area contributed by atoms with E-state index in [1.54, 1.807) is 7.11 Å². The Morgan fingerprint density at radius 3 is 2.41 bits per heavy atom. The molecule has 0 saturated heterocycles. The third kappa shape index (κ3) is 3.76. The molecule has 0 aliphatic rings. The monoisotopic (exact) mass is 368 g/mol. The van der Waals surface area contributed by atoms with Gasteiger partial charge in [-0.15, -0.1) is 0 Å². The molecule has 0 aliphatic heterocycles.